The van der Waals surface area contributed by atoms with Gasteiger partial charge in [0, 0.05) is 17.5 Å². The standard InChI is InChI=1S/C14H20N2O3S2/c1-4-6-16(12-5-7-21(18,19)9-12)14(17)8-13-10(2)20-11(3)15-13/h4,12H,1,5-9H2,2-3H3. The third kappa shape index (κ3) is 3.91. The summed E-state index contributed by atoms with van der Waals surface area (Å²) < 4.78 is 23.2. The van der Waals surface area contributed by atoms with Gasteiger partial charge in [-0.05, 0) is 20.3 Å². The van der Waals surface area contributed by atoms with Crippen LogP contribution >= 0.6 is 11.3 Å². The number of carbonyl (C=O) groups is 1. The van der Waals surface area contributed by atoms with Gasteiger partial charge in [0.25, 0.3) is 0 Å². The van der Waals surface area contributed by atoms with Crippen LogP contribution in [-0.4, -0.2) is 48.3 Å². The van der Waals surface area contributed by atoms with Crippen molar-refractivity contribution in [3.8, 4) is 0 Å². The van der Waals surface area contributed by atoms with E-state index in [9.17, 15) is 13.2 Å². The molecule has 1 aromatic heterocycles. The summed E-state index contributed by atoms with van der Waals surface area (Å²) in [6.07, 6.45) is 2.37. The Morgan fingerprint density at radius 3 is 2.71 bits per heavy atom. The second-order valence-electron chi connectivity index (χ2n) is 5.30. The maximum atomic E-state index is 12.5. The lowest BCUT2D eigenvalue weighted by atomic mass is 10.1. The Hall–Kier alpha value is -1.21. The largest absolute Gasteiger partial charge is 0.335 e. The van der Waals surface area contributed by atoms with Crippen molar-refractivity contribution in [2.24, 2.45) is 0 Å². The van der Waals surface area contributed by atoms with E-state index in [1.165, 1.54) is 0 Å². The molecular formula is C14H20N2O3S2. The molecule has 7 heteroatoms. The van der Waals surface area contributed by atoms with Crippen molar-refractivity contribution in [2.45, 2.75) is 32.7 Å². The van der Waals surface area contributed by atoms with Gasteiger partial charge in [-0.3, -0.25) is 4.79 Å². The number of nitrogens with zero attached hydrogens (tertiary/aromatic N) is 2. The predicted molar refractivity (Wildman–Crippen MR) is 84.3 cm³/mol. The number of aryl methyl sites for hydroxylation is 2. The van der Waals surface area contributed by atoms with Crippen molar-refractivity contribution in [3.05, 3.63) is 28.2 Å². The zero-order valence-corrected chi connectivity index (χ0v) is 14.0. The summed E-state index contributed by atoms with van der Waals surface area (Å²) in [5.74, 6) is 0.139. The highest BCUT2D eigenvalue weighted by Gasteiger charge is 2.34. The molecule has 1 aliphatic heterocycles. The maximum absolute atomic E-state index is 12.5. The molecule has 0 spiro atoms. The van der Waals surface area contributed by atoms with Crippen LogP contribution in [0.25, 0.3) is 0 Å². The second kappa shape index (κ2) is 6.27. The zero-order valence-electron chi connectivity index (χ0n) is 12.3. The van der Waals surface area contributed by atoms with E-state index < -0.39 is 9.84 Å². The Kier molecular flexibility index (Phi) is 4.83. The minimum absolute atomic E-state index is 0.0572. The van der Waals surface area contributed by atoms with E-state index in [-0.39, 0.29) is 29.9 Å². The molecule has 116 valence electrons. The number of aromatic nitrogens is 1. The van der Waals surface area contributed by atoms with Crippen LogP contribution < -0.4 is 0 Å². The number of sulfone groups is 1. The summed E-state index contributed by atoms with van der Waals surface area (Å²) in [5.41, 5.74) is 0.789. The normalized spacial score (nSPS) is 20.4. The SMILES string of the molecule is C=CCN(C(=O)Cc1nc(C)sc1C)C1CCS(=O)(=O)C1. The lowest BCUT2D eigenvalue weighted by molar-refractivity contribution is -0.131. The number of carbonyl (C=O) groups excluding carboxylic acids is 1. The fraction of sp³-hybridized carbons (Fsp3) is 0.571. The van der Waals surface area contributed by atoms with E-state index in [0.717, 1.165) is 15.6 Å². The van der Waals surface area contributed by atoms with Crippen LogP contribution in [-0.2, 0) is 21.1 Å². The fourth-order valence-electron chi connectivity index (χ4n) is 2.60. The molecule has 0 aliphatic carbocycles. The van der Waals surface area contributed by atoms with Gasteiger partial charge >= 0.3 is 0 Å². The lowest BCUT2D eigenvalue weighted by Gasteiger charge is -2.27. The summed E-state index contributed by atoms with van der Waals surface area (Å²) in [4.78, 5) is 19.6. The summed E-state index contributed by atoms with van der Waals surface area (Å²) in [7, 11) is -3.01. The van der Waals surface area contributed by atoms with E-state index >= 15 is 0 Å². The monoisotopic (exact) mass is 328 g/mol. The third-order valence-electron chi connectivity index (χ3n) is 3.61. The van der Waals surface area contributed by atoms with Gasteiger partial charge in [0.05, 0.1) is 28.6 Å². The van der Waals surface area contributed by atoms with Crippen LogP contribution in [0.3, 0.4) is 0 Å². The average molecular weight is 328 g/mol. The fourth-order valence-corrected chi connectivity index (χ4v) is 5.16. The Morgan fingerprint density at radius 2 is 2.24 bits per heavy atom. The minimum Gasteiger partial charge on any atom is -0.335 e. The van der Waals surface area contributed by atoms with Gasteiger partial charge in [0.1, 0.15) is 0 Å². The number of thiazole rings is 1. The van der Waals surface area contributed by atoms with Gasteiger partial charge in [0.15, 0.2) is 9.84 Å². The molecule has 0 radical (unpaired) electrons. The molecule has 21 heavy (non-hydrogen) atoms. The summed E-state index contributed by atoms with van der Waals surface area (Å²) >= 11 is 1.57. The van der Waals surface area contributed by atoms with Crippen molar-refractivity contribution in [1.82, 2.24) is 9.88 Å². The summed E-state index contributed by atoms with van der Waals surface area (Å²) in [6, 6.07) is -0.236. The third-order valence-corrected chi connectivity index (χ3v) is 6.29. The smallest absolute Gasteiger partial charge is 0.229 e. The second-order valence-corrected chi connectivity index (χ2v) is 8.94. The van der Waals surface area contributed by atoms with Crippen molar-refractivity contribution in [2.75, 3.05) is 18.1 Å². The average Bonchev–Trinajstić information content (AvgIpc) is 2.89. The molecule has 2 heterocycles. The van der Waals surface area contributed by atoms with E-state index in [4.69, 9.17) is 0 Å². The maximum Gasteiger partial charge on any atom is 0.229 e. The number of hydrogen-bond donors (Lipinski definition) is 0. The molecule has 1 aromatic rings. The molecule has 5 nitrogen and oxygen atoms in total. The number of rotatable bonds is 5. The molecule has 1 amide bonds. The Labute approximate surface area is 129 Å². The quantitative estimate of drug-likeness (QED) is 0.768. The van der Waals surface area contributed by atoms with Gasteiger partial charge in [-0.1, -0.05) is 6.08 Å². The highest BCUT2D eigenvalue weighted by molar-refractivity contribution is 7.91. The van der Waals surface area contributed by atoms with Gasteiger partial charge < -0.3 is 4.90 Å². The molecule has 0 aromatic carbocycles. The first-order chi connectivity index (χ1) is 9.82. The molecule has 1 unspecified atom stereocenters. The van der Waals surface area contributed by atoms with Gasteiger partial charge in [-0.2, -0.15) is 0 Å². The first kappa shape index (κ1) is 16.2. The lowest BCUT2D eigenvalue weighted by Crippen LogP contribution is -2.42. The van der Waals surface area contributed by atoms with Gasteiger partial charge in [-0.15, -0.1) is 17.9 Å². The first-order valence-corrected chi connectivity index (χ1v) is 9.50. The van der Waals surface area contributed by atoms with E-state index in [1.807, 2.05) is 13.8 Å². The van der Waals surface area contributed by atoms with E-state index in [0.29, 0.717) is 13.0 Å². The van der Waals surface area contributed by atoms with Gasteiger partial charge in [-0.25, -0.2) is 13.4 Å². The zero-order chi connectivity index (χ0) is 15.6. The molecule has 2 rings (SSSR count). The molecule has 1 aliphatic rings. The Balaban J connectivity index is 2.12. The van der Waals surface area contributed by atoms with Crippen LogP contribution in [0.15, 0.2) is 12.7 Å². The highest BCUT2D eigenvalue weighted by Crippen LogP contribution is 2.21. The summed E-state index contributed by atoms with van der Waals surface area (Å²) in [5, 5.41) is 0.939. The van der Waals surface area contributed by atoms with Crippen molar-refractivity contribution in [1.29, 1.82) is 0 Å². The van der Waals surface area contributed by atoms with Crippen molar-refractivity contribution in [3.63, 3.8) is 0 Å². The number of amides is 1. The Bertz CT molecular complexity index is 649. The minimum atomic E-state index is -3.01. The predicted octanol–water partition coefficient (Wildman–Crippen LogP) is 1.50. The van der Waals surface area contributed by atoms with E-state index in [1.54, 1.807) is 22.3 Å². The molecule has 1 saturated heterocycles. The van der Waals surface area contributed by atoms with Crippen LogP contribution in [0, 0.1) is 13.8 Å². The molecule has 0 saturated carbocycles. The topological polar surface area (TPSA) is 67.3 Å². The molecule has 1 fully saturated rings. The molecule has 1 atom stereocenters. The molecule has 0 bridgehead atoms. The van der Waals surface area contributed by atoms with Crippen LogP contribution in [0.5, 0.6) is 0 Å². The first-order valence-electron chi connectivity index (χ1n) is 6.86. The summed E-state index contributed by atoms with van der Waals surface area (Å²) in [6.45, 7) is 7.90. The van der Waals surface area contributed by atoms with Crippen LogP contribution in [0.4, 0.5) is 0 Å². The highest BCUT2D eigenvalue weighted by atomic mass is 32.2. The van der Waals surface area contributed by atoms with Crippen LogP contribution in [0.1, 0.15) is 22.0 Å². The van der Waals surface area contributed by atoms with Crippen molar-refractivity contribution >= 4 is 27.1 Å². The van der Waals surface area contributed by atoms with Crippen LogP contribution in [0.2, 0.25) is 0 Å². The molecule has 0 N–H and O–H groups in total. The molecular weight excluding hydrogens is 308 g/mol. The van der Waals surface area contributed by atoms with Gasteiger partial charge in [0.2, 0.25) is 5.91 Å². The van der Waals surface area contributed by atoms with E-state index in [2.05, 4.69) is 11.6 Å². The number of hydrogen-bond acceptors (Lipinski definition) is 5. The Morgan fingerprint density at radius 1 is 1.52 bits per heavy atom. The van der Waals surface area contributed by atoms with Crippen molar-refractivity contribution < 1.29 is 13.2 Å².